The number of hydrogen-bond donors (Lipinski definition) is 3. The van der Waals surface area contributed by atoms with Crippen LogP contribution in [-0.4, -0.2) is 28.4 Å². The van der Waals surface area contributed by atoms with Crippen LogP contribution in [0.5, 0.6) is 17.2 Å². The second-order valence-electron chi connectivity index (χ2n) is 13.0. The van der Waals surface area contributed by atoms with E-state index in [1.807, 2.05) is 0 Å². The largest absolute Gasteiger partial charge is 0.504 e. The molecule has 4 aliphatic carbocycles. The van der Waals surface area contributed by atoms with Gasteiger partial charge in [-0.3, -0.25) is 4.79 Å². The zero-order valence-corrected chi connectivity index (χ0v) is 21.5. The molecule has 34 heavy (non-hydrogen) atoms. The van der Waals surface area contributed by atoms with Gasteiger partial charge in [0.25, 0.3) is 0 Å². The highest BCUT2D eigenvalue weighted by atomic mass is 16.5. The van der Waals surface area contributed by atoms with Crippen LogP contribution in [0.2, 0.25) is 0 Å². The minimum atomic E-state index is -0.441. The summed E-state index contributed by atoms with van der Waals surface area (Å²) in [6.07, 6.45) is 9.78. The molecule has 5 rings (SSSR count). The van der Waals surface area contributed by atoms with Gasteiger partial charge < -0.3 is 20.1 Å². The van der Waals surface area contributed by atoms with Crippen LogP contribution in [0.15, 0.2) is 17.7 Å². The van der Waals surface area contributed by atoms with Crippen molar-refractivity contribution in [1.29, 1.82) is 0 Å². The number of allylic oxidation sites excluding steroid dienone is 2. The molecule has 5 heteroatoms. The lowest BCUT2D eigenvalue weighted by molar-refractivity contribution is -0.179. The Morgan fingerprint density at radius 1 is 0.941 bits per heavy atom. The molecule has 0 aromatic heterocycles. The minimum absolute atomic E-state index is 0.0273. The van der Waals surface area contributed by atoms with E-state index < -0.39 is 11.2 Å². The monoisotopic (exact) mass is 468 g/mol. The maximum absolute atomic E-state index is 12.8. The number of carbonyl (C=O) groups excluding carboxylic acids is 1. The fraction of sp³-hybridized carbons (Fsp3) is 0.690. The van der Waals surface area contributed by atoms with Gasteiger partial charge in [-0.1, -0.05) is 39.3 Å². The van der Waals surface area contributed by atoms with Crippen LogP contribution in [0, 0.1) is 27.6 Å². The molecule has 0 aliphatic heterocycles. The number of benzene rings is 1. The van der Waals surface area contributed by atoms with Crippen molar-refractivity contribution in [3.8, 4) is 17.2 Å². The topological polar surface area (TPSA) is 87.0 Å². The molecule has 0 saturated heterocycles. The molecule has 1 unspecified atom stereocenters. The summed E-state index contributed by atoms with van der Waals surface area (Å²) in [5, 5.41) is 31.1. The predicted molar refractivity (Wildman–Crippen MR) is 131 cm³/mol. The number of carbonyl (C=O) groups is 1. The van der Waals surface area contributed by atoms with Gasteiger partial charge >= 0.3 is 5.97 Å². The maximum Gasteiger partial charge on any atom is 0.311 e. The molecule has 1 aromatic rings. The van der Waals surface area contributed by atoms with Crippen molar-refractivity contribution in [2.75, 3.05) is 7.11 Å². The Morgan fingerprint density at radius 2 is 1.62 bits per heavy atom. The van der Waals surface area contributed by atoms with Gasteiger partial charge in [0.05, 0.1) is 12.5 Å². The Balaban J connectivity index is 1.61. The standard InChI is InChI=1S/C29H40O5/c1-25-9-10-26(2,24(33)34-6)16-21(25)29(5)14-12-27(3)18-15-19(30)23(32)22(31)17(18)7-8-20(27)28(29,4)13-11-25/h8,15,21,30-32H,7,9-14,16H2,1-6H3/t21?,25-,26-,27+,28-,29+/m1/s1. The summed E-state index contributed by atoms with van der Waals surface area (Å²) in [6, 6.07) is 1.67. The quantitative estimate of drug-likeness (QED) is 0.262. The second kappa shape index (κ2) is 6.95. The summed E-state index contributed by atoms with van der Waals surface area (Å²) < 4.78 is 5.25. The highest BCUT2D eigenvalue weighted by molar-refractivity contribution is 5.76. The Kier molecular flexibility index (Phi) is 4.82. The van der Waals surface area contributed by atoms with Crippen LogP contribution in [0.3, 0.4) is 0 Å². The molecule has 3 N–H and O–H groups in total. The highest BCUT2D eigenvalue weighted by Gasteiger charge is 2.67. The first-order valence-corrected chi connectivity index (χ1v) is 12.8. The first-order chi connectivity index (χ1) is 15.8. The first-order valence-electron chi connectivity index (χ1n) is 12.8. The highest BCUT2D eigenvalue weighted by Crippen LogP contribution is 2.74. The van der Waals surface area contributed by atoms with E-state index in [1.54, 1.807) is 6.07 Å². The van der Waals surface area contributed by atoms with Crippen LogP contribution >= 0.6 is 0 Å². The fourth-order valence-electron chi connectivity index (χ4n) is 8.93. The molecular formula is C29H40O5. The van der Waals surface area contributed by atoms with E-state index >= 15 is 0 Å². The van der Waals surface area contributed by atoms with Gasteiger partial charge in [-0.25, -0.2) is 0 Å². The van der Waals surface area contributed by atoms with Crippen LogP contribution in [0.4, 0.5) is 0 Å². The summed E-state index contributed by atoms with van der Waals surface area (Å²) in [7, 11) is 1.51. The first kappa shape index (κ1) is 23.6. The number of hydrogen-bond acceptors (Lipinski definition) is 5. The van der Waals surface area contributed by atoms with Gasteiger partial charge in [-0.2, -0.15) is 0 Å². The molecule has 3 fully saturated rings. The lowest BCUT2D eigenvalue weighted by Gasteiger charge is -2.69. The van der Waals surface area contributed by atoms with Crippen molar-refractivity contribution in [2.24, 2.45) is 27.6 Å². The van der Waals surface area contributed by atoms with Crippen molar-refractivity contribution in [1.82, 2.24) is 0 Å². The molecule has 186 valence electrons. The zero-order valence-electron chi connectivity index (χ0n) is 21.5. The lowest BCUT2D eigenvalue weighted by Crippen LogP contribution is -2.62. The number of phenols is 3. The van der Waals surface area contributed by atoms with Crippen LogP contribution in [0.1, 0.15) is 90.7 Å². The molecule has 3 saturated carbocycles. The van der Waals surface area contributed by atoms with Gasteiger partial charge in [-0.05, 0) is 92.1 Å². The van der Waals surface area contributed by atoms with Crippen molar-refractivity contribution in [3.63, 3.8) is 0 Å². The number of phenolic OH excluding ortho intramolecular Hbond substituents is 3. The van der Waals surface area contributed by atoms with Crippen molar-refractivity contribution in [2.45, 2.75) is 91.4 Å². The summed E-state index contributed by atoms with van der Waals surface area (Å²) >= 11 is 0. The van der Waals surface area contributed by atoms with Gasteiger partial charge in [0.15, 0.2) is 11.5 Å². The second-order valence-corrected chi connectivity index (χ2v) is 13.0. The average Bonchev–Trinajstić information content (AvgIpc) is 2.80. The maximum atomic E-state index is 12.8. The molecule has 1 aromatic carbocycles. The third-order valence-electron chi connectivity index (χ3n) is 11.4. The molecule has 6 atom stereocenters. The van der Waals surface area contributed by atoms with Gasteiger partial charge in [-0.15, -0.1) is 0 Å². The zero-order chi connectivity index (χ0) is 24.9. The smallest absolute Gasteiger partial charge is 0.311 e. The third-order valence-corrected chi connectivity index (χ3v) is 11.4. The normalized spacial score (nSPS) is 43.0. The molecule has 5 nitrogen and oxygen atoms in total. The molecule has 4 aliphatic rings. The number of ether oxygens (including phenoxy) is 1. The van der Waals surface area contributed by atoms with Crippen molar-refractivity contribution >= 4 is 5.97 Å². The number of rotatable bonds is 1. The third kappa shape index (κ3) is 2.70. The van der Waals surface area contributed by atoms with Gasteiger partial charge in [0.2, 0.25) is 5.75 Å². The average molecular weight is 469 g/mol. The van der Waals surface area contributed by atoms with E-state index in [9.17, 15) is 20.1 Å². The van der Waals surface area contributed by atoms with E-state index in [-0.39, 0.29) is 39.1 Å². The van der Waals surface area contributed by atoms with E-state index in [1.165, 1.54) is 12.7 Å². The van der Waals surface area contributed by atoms with Crippen LogP contribution in [0.25, 0.3) is 0 Å². The van der Waals surface area contributed by atoms with Crippen molar-refractivity contribution < 1.29 is 24.9 Å². The Morgan fingerprint density at radius 3 is 2.29 bits per heavy atom. The molecular weight excluding hydrogens is 428 g/mol. The fourth-order valence-corrected chi connectivity index (χ4v) is 8.93. The molecule has 0 spiro atoms. The van der Waals surface area contributed by atoms with E-state index in [2.05, 4.69) is 40.7 Å². The minimum Gasteiger partial charge on any atom is -0.504 e. The van der Waals surface area contributed by atoms with E-state index in [0.717, 1.165) is 56.1 Å². The van der Waals surface area contributed by atoms with E-state index in [4.69, 9.17) is 4.74 Å². The lowest BCUT2D eigenvalue weighted by atomic mass is 9.34. The molecule has 0 heterocycles. The predicted octanol–water partition coefficient (Wildman–Crippen LogP) is 6.13. The van der Waals surface area contributed by atoms with Crippen LogP contribution < -0.4 is 0 Å². The number of aromatic hydroxyl groups is 3. The SMILES string of the molecule is COC(=O)[C@]1(C)CC[C@]2(C)CC[C@]3(C)C4=CCc5c(cc(O)c(O)c5O)[C@]4(C)CC[C@@]3(C)C2C1. The Hall–Kier alpha value is -2.17. The summed E-state index contributed by atoms with van der Waals surface area (Å²) in [6.45, 7) is 11.7. The summed E-state index contributed by atoms with van der Waals surface area (Å²) in [4.78, 5) is 12.8. The Labute approximate surface area is 203 Å². The number of methoxy groups -OCH3 is 1. The van der Waals surface area contributed by atoms with Gasteiger partial charge in [0, 0.05) is 11.0 Å². The van der Waals surface area contributed by atoms with E-state index in [0.29, 0.717) is 12.3 Å². The van der Waals surface area contributed by atoms with Crippen LogP contribution in [-0.2, 0) is 21.4 Å². The summed E-state index contributed by atoms with van der Waals surface area (Å²) in [5.41, 5.74) is 2.51. The molecule has 0 amide bonds. The number of esters is 1. The van der Waals surface area contributed by atoms with Gasteiger partial charge in [0.1, 0.15) is 0 Å². The summed E-state index contributed by atoms with van der Waals surface area (Å²) in [5.74, 6) is -0.548. The molecule has 0 bridgehead atoms. The Bertz CT molecular complexity index is 1110. The van der Waals surface area contributed by atoms with Crippen molar-refractivity contribution in [3.05, 3.63) is 28.8 Å². The molecule has 0 radical (unpaired) electrons. The number of fused-ring (bicyclic) bond motifs is 7.